The third-order valence-electron chi connectivity index (χ3n) is 2.28. The molecule has 0 heterocycles. The van der Waals surface area contributed by atoms with Crippen molar-refractivity contribution in [1.29, 1.82) is 0 Å². The summed E-state index contributed by atoms with van der Waals surface area (Å²) in [5.74, 6) is 0. The van der Waals surface area contributed by atoms with E-state index in [2.05, 4.69) is 11.6 Å². The zero-order valence-electron chi connectivity index (χ0n) is 9.54. The van der Waals surface area contributed by atoms with Crippen molar-refractivity contribution in [2.24, 2.45) is 0 Å². The zero-order valence-corrected chi connectivity index (χ0v) is 11.9. The molecule has 0 atom stereocenters. The maximum absolute atomic E-state index is 11.9. The van der Waals surface area contributed by atoms with Crippen LogP contribution in [0.3, 0.4) is 0 Å². The first-order valence-corrected chi connectivity index (χ1v) is 7.66. The van der Waals surface area contributed by atoms with Gasteiger partial charge in [-0.1, -0.05) is 49.0 Å². The molecular weight excluding hydrogens is 281 g/mol. The molecule has 0 aliphatic rings. The van der Waals surface area contributed by atoms with Crippen molar-refractivity contribution in [3.8, 4) is 0 Å². The fourth-order valence-electron chi connectivity index (χ4n) is 1.35. The molecule has 17 heavy (non-hydrogen) atoms. The number of hydrogen-bond acceptors (Lipinski definition) is 2. The SMILES string of the molecule is CCCCCNS(=O)(=O)c1cccc(Cl)c1Cl. The number of sulfonamides is 1. The minimum Gasteiger partial charge on any atom is -0.211 e. The number of benzene rings is 1. The van der Waals surface area contributed by atoms with Gasteiger partial charge in [-0.3, -0.25) is 0 Å². The van der Waals surface area contributed by atoms with Gasteiger partial charge in [0, 0.05) is 6.54 Å². The van der Waals surface area contributed by atoms with Crippen LogP contribution in [-0.2, 0) is 10.0 Å². The maximum Gasteiger partial charge on any atom is 0.242 e. The molecule has 1 aromatic rings. The summed E-state index contributed by atoms with van der Waals surface area (Å²) in [6.07, 6.45) is 2.85. The molecule has 0 bridgehead atoms. The predicted octanol–water partition coefficient (Wildman–Crippen LogP) is 3.46. The van der Waals surface area contributed by atoms with E-state index < -0.39 is 10.0 Å². The van der Waals surface area contributed by atoms with Crippen molar-refractivity contribution in [2.75, 3.05) is 6.54 Å². The maximum atomic E-state index is 11.9. The third kappa shape index (κ3) is 4.14. The Bertz CT molecular complexity index is 474. The van der Waals surface area contributed by atoms with Gasteiger partial charge in [-0.05, 0) is 18.6 Å². The second-order valence-corrected chi connectivity index (χ2v) is 6.18. The Morgan fingerprint density at radius 1 is 1.24 bits per heavy atom. The standard InChI is InChI=1S/C11H15Cl2NO2S/c1-2-3-4-8-14-17(15,16)10-7-5-6-9(12)11(10)13/h5-7,14H,2-4,8H2,1H3. The lowest BCUT2D eigenvalue weighted by Crippen LogP contribution is -2.25. The Hall–Kier alpha value is -0.290. The van der Waals surface area contributed by atoms with E-state index >= 15 is 0 Å². The molecule has 0 radical (unpaired) electrons. The number of rotatable bonds is 6. The zero-order chi connectivity index (χ0) is 12.9. The summed E-state index contributed by atoms with van der Waals surface area (Å²) in [6, 6.07) is 4.56. The van der Waals surface area contributed by atoms with Gasteiger partial charge in [-0.15, -0.1) is 0 Å². The summed E-state index contributed by atoms with van der Waals surface area (Å²) in [5, 5.41) is 0.306. The third-order valence-corrected chi connectivity index (χ3v) is 4.71. The molecule has 1 rings (SSSR count). The van der Waals surface area contributed by atoms with Gasteiger partial charge in [0.05, 0.1) is 10.0 Å². The van der Waals surface area contributed by atoms with Crippen molar-refractivity contribution < 1.29 is 8.42 Å². The number of unbranched alkanes of at least 4 members (excludes halogenated alkanes) is 2. The minimum absolute atomic E-state index is 0.0307. The van der Waals surface area contributed by atoms with Crippen LogP contribution in [0.5, 0.6) is 0 Å². The number of hydrogen-bond donors (Lipinski definition) is 1. The normalized spacial score (nSPS) is 11.7. The van der Waals surface area contributed by atoms with Crippen LogP contribution >= 0.6 is 23.2 Å². The van der Waals surface area contributed by atoms with Crippen LogP contribution in [0.15, 0.2) is 23.1 Å². The molecule has 96 valence electrons. The minimum atomic E-state index is -3.56. The highest BCUT2D eigenvalue weighted by Gasteiger charge is 2.18. The molecule has 0 unspecified atom stereocenters. The Labute approximate surface area is 112 Å². The van der Waals surface area contributed by atoms with E-state index in [1.165, 1.54) is 6.07 Å². The van der Waals surface area contributed by atoms with Crippen LogP contribution in [-0.4, -0.2) is 15.0 Å². The van der Waals surface area contributed by atoms with Crippen molar-refractivity contribution in [3.05, 3.63) is 28.2 Å². The predicted molar refractivity (Wildman–Crippen MR) is 71.2 cm³/mol. The highest BCUT2D eigenvalue weighted by atomic mass is 35.5. The summed E-state index contributed by atoms with van der Waals surface area (Å²) in [4.78, 5) is 0.0307. The smallest absolute Gasteiger partial charge is 0.211 e. The lowest BCUT2D eigenvalue weighted by Gasteiger charge is -2.08. The molecule has 0 fully saturated rings. The molecule has 1 aromatic carbocycles. The Balaban J connectivity index is 2.79. The van der Waals surface area contributed by atoms with Gasteiger partial charge < -0.3 is 0 Å². The first-order valence-electron chi connectivity index (χ1n) is 5.42. The van der Waals surface area contributed by atoms with E-state index in [0.717, 1.165) is 19.3 Å². The molecular formula is C11H15Cl2NO2S. The fourth-order valence-corrected chi connectivity index (χ4v) is 3.18. The van der Waals surface area contributed by atoms with Gasteiger partial charge in [0.2, 0.25) is 10.0 Å². The highest BCUT2D eigenvalue weighted by molar-refractivity contribution is 7.89. The lowest BCUT2D eigenvalue weighted by atomic mass is 10.3. The Morgan fingerprint density at radius 3 is 2.59 bits per heavy atom. The molecule has 0 spiro atoms. The van der Waals surface area contributed by atoms with Crippen LogP contribution < -0.4 is 4.72 Å². The number of nitrogens with one attached hydrogen (secondary N) is 1. The monoisotopic (exact) mass is 295 g/mol. The van der Waals surface area contributed by atoms with Crippen molar-refractivity contribution in [1.82, 2.24) is 4.72 Å². The average molecular weight is 296 g/mol. The van der Waals surface area contributed by atoms with Crippen molar-refractivity contribution >= 4 is 33.2 Å². The second kappa shape index (κ2) is 6.59. The van der Waals surface area contributed by atoms with E-state index in [1.807, 2.05) is 0 Å². The summed E-state index contributed by atoms with van der Waals surface area (Å²) in [7, 11) is -3.56. The van der Waals surface area contributed by atoms with Crippen LogP contribution in [0, 0.1) is 0 Å². The van der Waals surface area contributed by atoms with Crippen LogP contribution in [0.4, 0.5) is 0 Å². The van der Waals surface area contributed by atoms with Crippen molar-refractivity contribution in [2.45, 2.75) is 31.1 Å². The van der Waals surface area contributed by atoms with E-state index in [0.29, 0.717) is 6.54 Å². The Kier molecular flexibility index (Phi) is 5.73. The van der Waals surface area contributed by atoms with Gasteiger partial charge in [0.1, 0.15) is 4.90 Å². The van der Waals surface area contributed by atoms with Crippen molar-refractivity contribution in [3.63, 3.8) is 0 Å². The largest absolute Gasteiger partial charge is 0.242 e. The van der Waals surface area contributed by atoms with Gasteiger partial charge in [-0.2, -0.15) is 0 Å². The van der Waals surface area contributed by atoms with E-state index in [-0.39, 0.29) is 14.9 Å². The molecule has 0 saturated heterocycles. The molecule has 0 aliphatic carbocycles. The van der Waals surface area contributed by atoms with Gasteiger partial charge in [-0.25, -0.2) is 13.1 Å². The molecule has 0 aromatic heterocycles. The summed E-state index contributed by atoms with van der Waals surface area (Å²) in [5.41, 5.74) is 0. The highest BCUT2D eigenvalue weighted by Crippen LogP contribution is 2.28. The van der Waals surface area contributed by atoms with Gasteiger partial charge in [0.25, 0.3) is 0 Å². The van der Waals surface area contributed by atoms with Crippen LogP contribution in [0.1, 0.15) is 26.2 Å². The fraction of sp³-hybridized carbons (Fsp3) is 0.455. The van der Waals surface area contributed by atoms with E-state index in [1.54, 1.807) is 12.1 Å². The first-order chi connectivity index (χ1) is 7.99. The molecule has 3 nitrogen and oxygen atoms in total. The van der Waals surface area contributed by atoms with E-state index in [4.69, 9.17) is 23.2 Å². The first kappa shape index (κ1) is 14.8. The molecule has 0 amide bonds. The van der Waals surface area contributed by atoms with Crippen LogP contribution in [0.25, 0.3) is 0 Å². The Morgan fingerprint density at radius 2 is 1.94 bits per heavy atom. The van der Waals surface area contributed by atoms with Gasteiger partial charge in [0.15, 0.2) is 0 Å². The van der Waals surface area contributed by atoms with E-state index in [9.17, 15) is 8.42 Å². The second-order valence-electron chi connectivity index (χ2n) is 3.66. The summed E-state index contributed by atoms with van der Waals surface area (Å²) in [6.45, 7) is 2.47. The van der Waals surface area contributed by atoms with Gasteiger partial charge >= 0.3 is 0 Å². The molecule has 0 aliphatic heterocycles. The number of halogens is 2. The quantitative estimate of drug-likeness (QED) is 0.817. The molecule has 1 N–H and O–H groups in total. The summed E-state index contributed by atoms with van der Waals surface area (Å²) >= 11 is 11.6. The lowest BCUT2D eigenvalue weighted by molar-refractivity contribution is 0.576. The molecule has 6 heteroatoms. The van der Waals surface area contributed by atoms with Crippen LogP contribution in [0.2, 0.25) is 10.0 Å². The average Bonchev–Trinajstić information content (AvgIpc) is 2.28. The topological polar surface area (TPSA) is 46.2 Å². The molecule has 0 saturated carbocycles. The summed E-state index contributed by atoms with van der Waals surface area (Å²) < 4.78 is 26.3.